The Hall–Kier alpha value is -1.19. The lowest BCUT2D eigenvalue weighted by Crippen LogP contribution is -2.25. The molecule has 4 heteroatoms. The van der Waals surface area contributed by atoms with Crippen LogP contribution in [0.5, 0.6) is 0 Å². The van der Waals surface area contributed by atoms with Gasteiger partial charge in [0.2, 0.25) is 5.95 Å². The zero-order valence-corrected chi connectivity index (χ0v) is 9.69. The van der Waals surface area contributed by atoms with Gasteiger partial charge in [0.05, 0.1) is 0 Å². The second-order valence-electron chi connectivity index (χ2n) is 4.39. The van der Waals surface area contributed by atoms with E-state index in [0.29, 0.717) is 0 Å². The van der Waals surface area contributed by atoms with Crippen molar-refractivity contribution in [1.82, 2.24) is 9.97 Å². The minimum atomic E-state index is -0.443. The van der Waals surface area contributed by atoms with E-state index in [1.165, 1.54) is 38.1 Å². The Balaban J connectivity index is 2.04. The van der Waals surface area contributed by atoms with Crippen molar-refractivity contribution in [3.63, 3.8) is 0 Å². The number of rotatable bonds is 2. The summed E-state index contributed by atoms with van der Waals surface area (Å²) >= 11 is 0. The van der Waals surface area contributed by atoms with Crippen molar-refractivity contribution in [3.8, 4) is 0 Å². The standard InChI is InChI=1S/C12H18FN3/c1-2-10-4-3-6-16(7-5-10)12-8-11(13)14-9-15-12/h8-10H,2-7H2,1H3. The van der Waals surface area contributed by atoms with E-state index in [1.54, 1.807) is 0 Å². The third-order valence-corrected chi connectivity index (χ3v) is 3.37. The Morgan fingerprint density at radius 3 is 3.00 bits per heavy atom. The maximum Gasteiger partial charge on any atom is 0.218 e. The van der Waals surface area contributed by atoms with Gasteiger partial charge in [-0.2, -0.15) is 4.39 Å². The molecule has 0 aliphatic carbocycles. The molecule has 0 spiro atoms. The molecule has 2 heterocycles. The Morgan fingerprint density at radius 2 is 2.25 bits per heavy atom. The van der Waals surface area contributed by atoms with Crippen molar-refractivity contribution < 1.29 is 4.39 Å². The van der Waals surface area contributed by atoms with Gasteiger partial charge >= 0.3 is 0 Å². The number of nitrogens with zero attached hydrogens (tertiary/aromatic N) is 3. The van der Waals surface area contributed by atoms with E-state index in [9.17, 15) is 4.39 Å². The molecule has 1 aromatic rings. The summed E-state index contributed by atoms with van der Waals surface area (Å²) in [5, 5.41) is 0. The fourth-order valence-electron chi connectivity index (χ4n) is 2.30. The highest BCUT2D eigenvalue weighted by Gasteiger charge is 2.16. The predicted molar refractivity (Wildman–Crippen MR) is 61.8 cm³/mol. The van der Waals surface area contributed by atoms with Crippen molar-refractivity contribution >= 4 is 5.82 Å². The van der Waals surface area contributed by atoms with Crippen LogP contribution in [-0.4, -0.2) is 23.1 Å². The smallest absolute Gasteiger partial charge is 0.218 e. The molecule has 1 fully saturated rings. The Morgan fingerprint density at radius 1 is 1.38 bits per heavy atom. The number of halogens is 1. The van der Waals surface area contributed by atoms with Gasteiger partial charge in [-0.1, -0.05) is 13.3 Å². The highest BCUT2D eigenvalue weighted by atomic mass is 19.1. The summed E-state index contributed by atoms with van der Waals surface area (Å²) in [6.45, 7) is 4.20. The van der Waals surface area contributed by atoms with Crippen molar-refractivity contribution in [2.75, 3.05) is 18.0 Å². The van der Waals surface area contributed by atoms with Gasteiger partial charge in [-0.25, -0.2) is 9.97 Å². The summed E-state index contributed by atoms with van der Waals surface area (Å²) in [6, 6.07) is 1.42. The summed E-state index contributed by atoms with van der Waals surface area (Å²) in [4.78, 5) is 9.78. The summed E-state index contributed by atoms with van der Waals surface area (Å²) in [5.74, 6) is 1.10. The lowest BCUT2D eigenvalue weighted by molar-refractivity contribution is 0.459. The molecular formula is C12H18FN3. The first kappa shape index (κ1) is 11.3. The quantitative estimate of drug-likeness (QED) is 0.722. The van der Waals surface area contributed by atoms with Gasteiger partial charge in [-0.3, -0.25) is 0 Å². The average molecular weight is 223 g/mol. The molecule has 88 valence electrons. The molecule has 1 saturated heterocycles. The number of hydrogen-bond donors (Lipinski definition) is 0. The maximum absolute atomic E-state index is 13.0. The minimum absolute atomic E-state index is 0.443. The molecule has 2 rings (SSSR count). The van der Waals surface area contributed by atoms with Crippen LogP contribution in [0.4, 0.5) is 10.2 Å². The maximum atomic E-state index is 13.0. The van der Waals surface area contributed by atoms with Gasteiger partial charge in [0.25, 0.3) is 0 Å². The van der Waals surface area contributed by atoms with E-state index in [0.717, 1.165) is 24.8 Å². The zero-order valence-electron chi connectivity index (χ0n) is 9.69. The van der Waals surface area contributed by atoms with Crippen LogP contribution in [0.3, 0.4) is 0 Å². The lowest BCUT2D eigenvalue weighted by Gasteiger charge is -2.21. The highest BCUT2D eigenvalue weighted by molar-refractivity contribution is 5.36. The first-order chi connectivity index (χ1) is 7.79. The molecular weight excluding hydrogens is 205 g/mol. The lowest BCUT2D eigenvalue weighted by atomic mass is 9.98. The van der Waals surface area contributed by atoms with Crippen molar-refractivity contribution in [3.05, 3.63) is 18.3 Å². The van der Waals surface area contributed by atoms with Gasteiger partial charge in [0.15, 0.2) is 0 Å². The molecule has 0 bridgehead atoms. The van der Waals surface area contributed by atoms with Gasteiger partial charge in [0.1, 0.15) is 12.1 Å². The fraction of sp³-hybridized carbons (Fsp3) is 0.667. The molecule has 1 aliphatic heterocycles. The molecule has 16 heavy (non-hydrogen) atoms. The SMILES string of the molecule is CCC1CCCN(c2cc(F)ncn2)CC1. The molecule has 0 N–H and O–H groups in total. The van der Waals surface area contributed by atoms with Gasteiger partial charge in [0, 0.05) is 19.2 Å². The second-order valence-corrected chi connectivity index (χ2v) is 4.39. The predicted octanol–water partition coefficient (Wildman–Crippen LogP) is 2.63. The second kappa shape index (κ2) is 5.23. The third kappa shape index (κ3) is 2.68. The van der Waals surface area contributed by atoms with Crippen LogP contribution in [0.1, 0.15) is 32.6 Å². The average Bonchev–Trinajstić information content (AvgIpc) is 2.54. The molecule has 1 atom stereocenters. The molecule has 0 radical (unpaired) electrons. The van der Waals surface area contributed by atoms with E-state index < -0.39 is 5.95 Å². The van der Waals surface area contributed by atoms with E-state index in [4.69, 9.17) is 0 Å². The first-order valence-corrected chi connectivity index (χ1v) is 6.02. The van der Waals surface area contributed by atoms with E-state index in [-0.39, 0.29) is 0 Å². The van der Waals surface area contributed by atoms with E-state index in [1.807, 2.05) is 0 Å². The number of aromatic nitrogens is 2. The largest absolute Gasteiger partial charge is 0.356 e. The molecule has 0 saturated carbocycles. The molecule has 1 aliphatic rings. The summed E-state index contributed by atoms with van der Waals surface area (Å²) in [7, 11) is 0. The number of hydrogen-bond acceptors (Lipinski definition) is 3. The van der Waals surface area contributed by atoms with Crippen LogP contribution in [0, 0.1) is 11.9 Å². The van der Waals surface area contributed by atoms with Crippen LogP contribution >= 0.6 is 0 Å². The van der Waals surface area contributed by atoms with Crippen LogP contribution < -0.4 is 4.90 Å². The molecule has 1 aromatic heterocycles. The first-order valence-electron chi connectivity index (χ1n) is 6.02. The monoisotopic (exact) mass is 223 g/mol. The van der Waals surface area contributed by atoms with Gasteiger partial charge in [-0.05, 0) is 25.2 Å². The molecule has 1 unspecified atom stereocenters. The summed E-state index contributed by atoms with van der Waals surface area (Å²) in [5.41, 5.74) is 0. The van der Waals surface area contributed by atoms with Crippen molar-refractivity contribution in [1.29, 1.82) is 0 Å². The van der Waals surface area contributed by atoms with Crippen molar-refractivity contribution in [2.24, 2.45) is 5.92 Å². The Bertz CT molecular complexity index is 343. The Kier molecular flexibility index (Phi) is 3.70. The highest BCUT2D eigenvalue weighted by Crippen LogP contribution is 2.23. The normalized spacial score (nSPS) is 21.9. The fourth-order valence-corrected chi connectivity index (χ4v) is 2.30. The van der Waals surface area contributed by atoms with Crippen molar-refractivity contribution in [2.45, 2.75) is 32.6 Å². The van der Waals surface area contributed by atoms with Crippen LogP contribution in [0.2, 0.25) is 0 Å². The van der Waals surface area contributed by atoms with E-state index in [2.05, 4.69) is 21.8 Å². The van der Waals surface area contributed by atoms with Crippen LogP contribution in [-0.2, 0) is 0 Å². The third-order valence-electron chi connectivity index (χ3n) is 3.37. The van der Waals surface area contributed by atoms with E-state index >= 15 is 0 Å². The minimum Gasteiger partial charge on any atom is -0.356 e. The summed E-state index contributed by atoms with van der Waals surface area (Å²) in [6.07, 6.45) is 6.17. The summed E-state index contributed by atoms with van der Waals surface area (Å²) < 4.78 is 13.0. The van der Waals surface area contributed by atoms with Crippen LogP contribution in [0.25, 0.3) is 0 Å². The zero-order chi connectivity index (χ0) is 11.4. The molecule has 0 aromatic carbocycles. The number of anilines is 1. The molecule has 0 amide bonds. The van der Waals surface area contributed by atoms with Gasteiger partial charge in [-0.15, -0.1) is 0 Å². The molecule has 3 nitrogen and oxygen atoms in total. The van der Waals surface area contributed by atoms with Gasteiger partial charge < -0.3 is 4.90 Å². The Labute approximate surface area is 95.7 Å². The topological polar surface area (TPSA) is 29.0 Å². The van der Waals surface area contributed by atoms with Crippen LogP contribution in [0.15, 0.2) is 12.4 Å².